The maximum absolute atomic E-state index is 11.6. The molecule has 1 saturated heterocycles. The van der Waals surface area contributed by atoms with Gasteiger partial charge < -0.3 is 10.2 Å². The molecule has 1 aromatic rings. The summed E-state index contributed by atoms with van der Waals surface area (Å²) in [4.78, 5) is 13.4. The Kier molecular flexibility index (Phi) is 3.57. The monoisotopic (exact) mass is 218 g/mol. The lowest BCUT2D eigenvalue weighted by atomic mass is 10.1. The van der Waals surface area contributed by atoms with E-state index in [9.17, 15) is 4.79 Å². The molecule has 0 radical (unpaired) electrons. The summed E-state index contributed by atoms with van der Waals surface area (Å²) in [6.07, 6.45) is 1.92. The van der Waals surface area contributed by atoms with Crippen LogP contribution in [0.2, 0.25) is 0 Å². The zero-order valence-corrected chi connectivity index (χ0v) is 9.65. The third-order valence-corrected chi connectivity index (χ3v) is 3.07. The van der Waals surface area contributed by atoms with Crippen LogP contribution in [0, 0.1) is 0 Å². The molecule has 0 spiro atoms. The van der Waals surface area contributed by atoms with Crippen molar-refractivity contribution in [1.29, 1.82) is 0 Å². The predicted molar refractivity (Wildman–Crippen MR) is 64.2 cm³/mol. The van der Waals surface area contributed by atoms with Crippen molar-refractivity contribution in [3.05, 3.63) is 35.9 Å². The molecular formula is C13H18N2O. The van der Waals surface area contributed by atoms with Gasteiger partial charge in [-0.05, 0) is 24.9 Å². The first kappa shape index (κ1) is 11.1. The summed E-state index contributed by atoms with van der Waals surface area (Å²) < 4.78 is 0. The van der Waals surface area contributed by atoms with Crippen molar-refractivity contribution in [2.45, 2.75) is 18.9 Å². The molecule has 3 nitrogen and oxygen atoms in total. The fraction of sp³-hybridized carbons (Fsp3) is 0.462. The van der Waals surface area contributed by atoms with Crippen LogP contribution in [0.4, 0.5) is 0 Å². The Balaban J connectivity index is 1.75. The number of hydrogen-bond acceptors (Lipinski definition) is 2. The highest BCUT2D eigenvalue weighted by molar-refractivity contribution is 5.83. The van der Waals surface area contributed by atoms with Crippen molar-refractivity contribution in [1.82, 2.24) is 10.2 Å². The lowest BCUT2D eigenvalue weighted by Crippen LogP contribution is -2.37. The van der Waals surface area contributed by atoms with E-state index in [0.29, 0.717) is 0 Å². The zero-order chi connectivity index (χ0) is 11.4. The fourth-order valence-corrected chi connectivity index (χ4v) is 2.05. The van der Waals surface area contributed by atoms with Gasteiger partial charge in [0.1, 0.15) is 0 Å². The van der Waals surface area contributed by atoms with E-state index in [1.807, 2.05) is 25.2 Å². The minimum atomic E-state index is 0.0358. The smallest absolute Gasteiger partial charge is 0.239 e. The molecule has 1 aliphatic rings. The summed E-state index contributed by atoms with van der Waals surface area (Å²) >= 11 is 0. The average molecular weight is 218 g/mol. The Labute approximate surface area is 96.5 Å². The van der Waals surface area contributed by atoms with Crippen LogP contribution in [0.15, 0.2) is 30.3 Å². The van der Waals surface area contributed by atoms with Crippen molar-refractivity contribution in [2.24, 2.45) is 0 Å². The number of nitrogens with zero attached hydrogens (tertiary/aromatic N) is 1. The molecule has 0 aromatic heterocycles. The number of hydrogen-bond donors (Lipinski definition) is 1. The van der Waals surface area contributed by atoms with E-state index >= 15 is 0 Å². The van der Waals surface area contributed by atoms with Gasteiger partial charge in [-0.2, -0.15) is 0 Å². The summed E-state index contributed by atoms with van der Waals surface area (Å²) in [6, 6.07) is 10.4. The lowest BCUT2D eigenvalue weighted by molar-refractivity contribution is -0.128. The second kappa shape index (κ2) is 5.12. The third kappa shape index (κ3) is 2.61. The Morgan fingerprint density at radius 1 is 1.38 bits per heavy atom. The molecule has 1 N–H and O–H groups in total. The maximum Gasteiger partial charge on any atom is 0.239 e. The highest BCUT2D eigenvalue weighted by atomic mass is 16.2. The highest BCUT2D eigenvalue weighted by Crippen LogP contribution is 2.08. The molecule has 1 unspecified atom stereocenters. The molecule has 2 rings (SSSR count). The Hall–Kier alpha value is -1.35. The number of carbonyl (C=O) groups excluding carboxylic acids is 1. The first-order valence-electron chi connectivity index (χ1n) is 5.79. The van der Waals surface area contributed by atoms with Crippen molar-refractivity contribution < 1.29 is 4.79 Å². The molecule has 1 amide bonds. The van der Waals surface area contributed by atoms with E-state index in [4.69, 9.17) is 0 Å². The molecule has 1 atom stereocenters. The van der Waals surface area contributed by atoms with Gasteiger partial charge in [-0.25, -0.2) is 0 Å². The average Bonchev–Trinajstić information content (AvgIpc) is 2.62. The minimum absolute atomic E-state index is 0.0358. The molecule has 0 saturated carbocycles. The molecule has 1 aromatic carbocycles. The summed E-state index contributed by atoms with van der Waals surface area (Å²) in [5, 5.41) is 3.32. The standard InChI is InChI=1S/C13H18N2O/c1-15-10-8-12(13(15)16)14-9-7-11-5-3-2-4-6-11/h2-6,12,14H,7-10H2,1H3. The topological polar surface area (TPSA) is 32.3 Å². The normalized spacial score (nSPS) is 20.4. The zero-order valence-electron chi connectivity index (χ0n) is 9.65. The highest BCUT2D eigenvalue weighted by Gasteiger charge is 2.27. The van der Waals surface area contributed by atoms with Crippen LogP contribution in [0.25, 0.3) is 0 Å². The number of likely N-dealkylation sites (N-methyl/N-ethyl adjacent to an activating group) is 1. The lowest BCUT2D eigenvalue weighted by Gasteiger charge is -2.11. The van der Waals surface area contributed by atoms with Crippen LogP contribution >= 0.6 is 0 Å². The SMILES string of the molecule is CN1CCC(NCCc2ccccc2)C1=O. The Bertz CT molecular complexity index is 350. The van der Waals surface area contributed by atoms with Gasteiger partial charge in [0.25, 0.3) is 0 Å². The van der Waals surface area contributed by atoms with Gasteiger partial charge in [-0.1, -0.05) is 30.3 Å². The van der Waals surface area contributed by atoms with E-state index in [1.165, 1.54) is 5.56 Å². The maximum atomic E-state index is 11.6. The summed E-state index contributed by atoms with van der Waals surface area (Å²) in [5.41, 5.74) is 1.31. The number of likely N-dealkylation sites (tertiary alicyclic amines) is 1. The summed E-state index contributed by atoms with van der Waals surface area (Å²) in [7, 11) is 1.86. The molecule has 0 aliphatic carbocycles. The van der Waals surface area contributed by atoms with Gasteiger partial charge in [0.15, 0.2) is 0 Å². The van der Waals surface area contributed by atoms with E-state index in [1.54, 1.807) is 4.90 Å². The van der Waals surface area contributed by atoms with E-state index in [0.717, 1.165) is 25.9 Å². The molecule has 16 heavy (non-hydrogen) atoms. The van der Waals surface area contributed by atoms with Crippen molar-refractivity contribution in [3.8, 4) is 0 Å². The number of benzene rings is 1. The van der Waals surface area contributed by atoms with Gasteiger partial charge in [0, 0.05) is 13.6 Å². The number of carbonyl (C=O) groups is 1. The van der Waals surface area contributed by atoms with Crippen LogP contribution in [0.1, 0.15) is 12.0 Å². The van der Waals surface area contributed by atoms with E-state index in [2.05, 4.69) is 17.4 Å². The molecule has 1 aliphatic heterocycles. The largest absolute Gasteiger partial charge is 0.344 e. The second-order valence-electron chi connectivity index (χ2n) is 4.29. The van der Waals surface area contributed by atoms with Gasteiger partial charge >= 0.3 is 0 Å². The van der Waals surface area contributed by atoms with Gasteiger partial charge in [-0.15, -0.1) is 0 Å². The first-order chi connectivity index (χ1) is 7.77. The third-order valence-electron chi connectivity index (χ3n) is 3.07. The quantitative estimate of drug-likeness (QED) is 0.819. The Morgan fingerprint density at radius 2 is 2.12 bits per heavy atom. The Morgan fingerprint density at radius 3 is 2.75 bits per heavy atom. The molecule has 0 bridgehead atoms. The van der Waals surface area contributed by atoms with Crippen molar-refractivity contribution >= 4 is 5.91 Å². The van der Waals surface area contributed by atoms with Gasteiger partial charge in [0.05, 0.1) is 6.04 Å². The molecule has 86 valence electrons. The van der Waals surface area contributed by atoms with Gasteiger partial charge in [-0.3, -0.25) is 4.79 Å². The van der Waals surface area contributed by atoms with E-state index < -0.39 is 0 Å². The second-order valence-corrected chi connectivity index (χ2v) is 4.29. The van der Waals surface area contributed by atoms with Crippen LogP contribution in [-0.2, 0) is 11.2 Å². The minimum Gasteiger partial charge on any atom is -0.344 e. The number of amides is 1. The molecular weight excluding hydrogens is 200 g/mol. The van der Waals surface area contributed by atoms with Crippen LogP contribution in [0.3, 0.4) is 0 Å². The molecule has 1 fully saturated rings. The van der Waals surface area contributed by atoms with Crippen molar-refractivity contribution in [3.63, 3.8) is 0 Å². The molecule has 1 heterocycles. The van der Waals surface area contributed by atoms with Crippen LogP contribution < -0.4 is 5.32 Å². The molecule has 3 heteroatoms. The number of rotatable bonds is 4. The summed E-state index contributed by atoms with van der Waals surface area (Å²) in [5.74, 6) is 0.230. The van der Waals surface area contributed by atoms with Crippen LogP contribution in [-0.4, -0.2) is 37.0 Å². The van der Waals surface area contributed by atoms with E-state index in [-0.39, 0.29) is 11.9 Å². The van der Waals surface area contributed by atoms with Crippen LogP contribution in [0.5, 0.6) is 0 Å². The fourth-order valence-electron chi connectivity index (χ4n) is 2.05. The van der Waals surface area contributed by atoms with Crippen molar-refractivity contribution in [2.75, 3.05) is 20.1 Å². The van der Waals surface area contributed by atoms with Gasteiger partial charge in [0.2, 0.25) is 5.91 Å². The number of nitrogens with one attached hydrogen (secondary N) is 1. The summed E-state index contributed by atoms with van der Waals surface area (Å²) in [6.45, 7) is 1.75. The predicted octanol–water partition coefficient (Wildman–Crippen LogP) is 1.05. The first-order valence-corrected chi connectivity index (χ1v) is 5.79.